The highest BCUT2D eigenvalue weighted by atomic mass is 35.5. The van der Waals surface area contributed by atoms with Crippen molar-refractivity contribution in [2.24, 2.45) is 0 Å². The first-order valence-corrected chi connectivity index (χ1v) is 12.1. The number of carbonyl (C=O) groups is 1. The van der Waals surface area contributed by atoms with Crippen molar-refractivity contribution >= 4 is 40.6 Å². The molecule has 6 nitrogen and oxygen atoms in total. The molecule has 2 heterocycles. The quantitative estimate of drug-likeness (QED) is 0.328. The van der Waals surface area contributed by atoms with E-state index in [2.05, 4.69) is 15.5 Å². The lowest BCUT2D eigenvalue weighted by Crippen LogP contribution is -2.28. The highest BCUT2D eigenvalue weighted by Gasteiger charge is 2.20. The van der Waals surface area contributed by atoms with Crippen LogP contribution in [0.15, 0.2) is 71.2 Å². The van der Waals surface area contributed by atoms with Crippen molar-refractivity contribution in [3.63, 3.8) is 0 Å². The van der Waals surface area contributed by atoms with E-state index in [4.69, 9.17) is 16.3 Å². The second-order valence-corrected chi connectivity index (χ2v) is 9.25. The second-order valence-electron chi connectivity index (χ2n) is 6.92. The van der Waals surface area contributed by atoms with Gasteiger partial charge in [-0.05, 0) is 48.2 Å². The Kier molecular flexibility index (Phi) is 7.14. The van der Waals surface area contributed by atoms with Gasteiger partial charge in [-0.1, -0.05) is 53.7 Å². The predicted octanol–water partition coefficient (Wildman–Crippen LogP) is 5.63. The molecule has 0 aliphatic rings. The SMILES string of the molecule is COc1ccccc1-n1c(SCC(=O)NC(C)c2ccc(Cl)cc2)nnc1-c1cccs1. The van der Waals surface area contributed by atoms with E-state index < -0.39 is 0 Å². The highest BCUT2D eigenvalue weighted by Crippen LogP contribution is 2.34. The topological polar surface area (TPSA) is 69.0 Å². The molecular weight excluding hydrogens is 464 g/mol. The van der Waals surface area contributed by atoms with E-state index in [1.165, 1.54) is 11.8 Å². The van der Waals surface area contributed by atoms with Crippen molar-refractivity contribution in [3.05, 3.63) is 76.6 Å². The smallest absolute Gasteiger partial charge is 0.230 e. The van der Waals surface area contributed by atoms with Crippen LogP contribution in [-0.4, -0.2) is 33.5 Å². The number of para-hydroxylation sites is 2. The summed E-state index contributed by atoms with van der Waals surface area (Å²) in [7, 11) is 1.63. The van der Waals surface area contributed by atoms with Crippen LogP contribution in [0.3, 0.4) is 0 Å². The number of carbonyl (C=O) groups excluding carboxylic acids is 1. The molecule has 4 aromatic rings. The summed E-state index contributed by atoms with van der Waals surface area (Å²) in [5.74, 6) is 1.52. The number of ether oxygens (including phenoxy) is 1. The molecule has 0 aliphatic carbocycles. The summed E-state index contributed by atoms with van der Waals surface area (Å²) < 4.78 is 7.50. The Morgan fingerprint density at radius 1 is 1.16 bits per heavy atom. The van der Waals surface area contributed by atoms with Crippen molar-refractivity contribution in [3.8, 4) is 22.1 Å². The third kappa shape index (κ3) is 4.98. The molecule has 1 unspecified atom stereocenters. The van der Waals surface area contributed by atoms with Crippen molar-refractivity contribution in [1.82, 2.24) is 20.1 Å². The molecule has 4 rings (SSSR count). The fourth-order valence-corrected chi connectivity index (χ4v) is 4.79. The minimum absolute atomic E-state index is 0.0929. The van der Waals surface area contributed by atoms with Gasteiger partial charge < -0.3 is 10.1 Å². The van der Waals surface area contributed by atoms with Crippen LogP contribution in [0.4, 0.5) is 0 Å². The lowest BCUT2D eigenvalue weighted by atomic mass is 10.1. The van der Waals surface area contributed by atoms with Gasteiger partial charge in [0.1, 0.15) is 5.75 Å². The zero-order chi connectivity index (χ0) is 22.5. The van der Waals surface area contributed by atoms with Crippen LogP contribution in [0.5, 0.6) is 5.75 Å². The van der Waals surface area contributed by atoms with E-state index in [9.17, 15) is 4.79 Å². The standard InChI is InChI=1S/C23H21ClN4O2S2/c1-15(16-9-11-17(24)12-10-16)25-21(29)14-32-23-27-26-22(20-8-5-13-31-20)28(23)18-6-3-4-7-19(18)30-2/h3-13,15H,14H2,1-2H3,(H,25,29). The van der Waals surface area contributed by atoms with Gasteiger partial charge in [-0.15, -0.1) is 21.5 Å². The summed E-state index contributed by atoms with van der Waals surface area (Å²) in [6, 6.07) is 19.0. The van der Waals surface area contributed by atoms with Gasteiger partial charge in [-0.3, -0.25) is 9.36 Å². The first-order chi connectivity index (χ1) is 15.6. The minimum atomic E-state index is -0.130. The number of thiophene rings is 1. The largest absolute Gasteiger partial charge is 0.495 e. The number of methoxy groups -OCH3 is 1. The first kappa shape index (κ1) is 22.4. The Hall–Kier alpha value is -2.81. The van der Waals surface area contributed by atoms with Crippen LogP contribution < -0.4 is 10.1 Å². The van der Waals surface area contributed by atoms with Gasteiger partial charge in [0.2, 0.25) is 5.91 Å². The minimum Gasteiger partial charge on any atom is -0.495 e. The molecule has 0 saturated carbocycles. The number of hydrogen-bond acceptors (Lipinski definition) is 6. The Labute approximate surface area is 199 Å². The van der Waals surface area contributed by atoms with Gasteiger partial charge in [-0.2, -0.15) is 0 Å². The van der Waals surface area contributed by atoms with E-state index in [0.29, 0.717) is 21.8 Å². The Morgan fingerprint density at radius 2 is 1.94 bits per heavy atom. The summed E-state index contributed by atoms with van der Waals surface area (Å²) in [5.41, 5.74) is 1.81. The number of thioether (sulfide) groups is 1. The highest BCUT2D eigenvalue weighted by molar-refractivity contribution is 7.99. The van der Waals surface area contributed by atoms with E-state index in [1.807, 2.05) is 77.5 Å². The van der Waals surface area contributed by atoms with E-state index in [1.54, 1.807) is 18.4 Å². The van der Waals surface area contributed by atoms with Gasteiger partial charge in [-0.25, -0.2) is 0 Å². The number of nitrogens with one attached hydrogen (secondary N) is 1. The van der Waals surface area contributed by atoms with Gasteiger partial charge in [0.05, 0.1) is 29.5 Å². The molecule has 0 aliphatic heterocycles. The molecule has 2 aromatic heterocycles. The molecule has 1 N–H and O–H groups in total. The van der Waals surface area contributed by atoms with Crippen molar-refractivity contribution in [2.45, 2.75) is 18.1 Å². The summed E-state index contributed by atoms with van der Waals surface area (Å²) in [6.07, 6.45) is 0. The maximum absolute atomic E-state index is 12.6. The number of halogens is 1. The Balaban J connectivity index is 1.55. The van der Waals surface area contributed by atoms with Crippen LogP contribution in [0.1, 0.15) is 18.5 Å². The number of rotatable bonds is 8. The molecule has 0 radical (unpaired) electrons. The van der Waals surface area contributed by atoms with Crippen molar-refractivity contribution < 1.29 is 9.53 Å². The monoisotopic (exact) mass is 484 g/mol. The van der Waals surface area contributed by atoms with Crippen molar-refractivity contribution in [2.75, 3.05) is 12.9 Å². The predicted molar refractivity (Wildman–Crippen MR) is 130 cm³/mol. The van der Waals surface area contributed by atoms with E-state index in [-0.39, 0.29) is 17.7 Å². The molecule has 0 spiro atoms. The third-order valence-corrected chi connectivity index (χ3v) is 6.83. The van der Waals surface area contributed by atoms with Crippen LogP contribution in [0.2, 0.25) is 5.02 Å². The van der Waals surface area contributed by atoms with Gasteiger partial charge in [0.25, 0.3) is 0 Å². The first-order valence-electron chi connectivity index (χ1n) is 9.87. The number of nitrogens with zero attached hydrogens (tertiary/aromatic N) is 3. The number of benzene rings is 2. The summed E-state index contributed by atoms with van der Waals surface area (Å²) in [4.78, 5) is 13.6. The van der Waals surface area contributed by atoms with Crippen LogP contribution in [-0.2, 0) is 4.79 Å². The molecule has 1 amide bonds. The number of hydrogen-bond donors (Lipinski definition) is 1. The number of amides is 1. The van der Waals surface area contributed by atoms with E-state index in [0.717, 1.165) is 16.1 Å². The average molecular weight is 485 g/mol. The van der Waals surface area contributed by atoms with Crippen LogP contribution in [0, 0.1) is 0 Å². The Morgan fingerprint density at radius 3 is 2.66 bits per heavy atom. The number of aromatic nitrogens is 3. The second kappa shape index (κ2) is 10.2. The molecule has 0 bridgehead atoms. The third-order valence-electron chi connectivity index (χ3n) is 4.78. The Bertz CT molecular complexity index is 1190. The summed E-state index contributed by atoms with van der Waals surface area (Å²) in [6.45, 7) is 1.94. The van der Waals surface area contributed by atoms with Crippen LogP contribution >= 0.6 is 34.7 Å². The molecular formula is C23H21ClN4O2S2. The normalized spacial score (nSPS) is 11.8. The molecule has 0 fully saturated rings. The fraction of sp³-hybridized carbons (Fsp3) is 0.174. The summed E-state index contributed by atoms with van der Waals surface area (Å²) in [5, 5.41) is 15.1. The summed E-state index contributed by atoms with van der Waals surface area (Å²) >= 11 is 8.86. The average Bonchev–Trinajstić information content (AvgIpc) is 3.48. The maximum Gasteiger partial charge on any atom is 0.230 e. The molecule has 32 heavy (non-hydrogen) atoms. The van der Waals surface area contributed by atoms with Gasteiger partial charge in [0.15, 0.2) is 11.0 Å². The fourth-order valence-electron chi connectivity index (χ4n) is 3.21. The lowest BCUT2D eigenvalue weighted by Gasteiger charge is -2.15. The molecule has 2 aromatic carbocycles. The zero-order valence-corrected chi connectivity index (χ0v) is 19.9. The molecule has 1 atom stereocenters. The molecule has 9 heteroatoms. The van der Waals surface area contributed by atoms with Crippen molar-refractivity contribution in [1.29, 1.82) is 0 Å². The van der Waals surface area contributed by atoms with E-state index >= 15 is 0 Å². The molecule has 0 saturated heterocycles. The van der Waals surface area contributed by atoms with Gasteiger partial charge in [0, 0.05) is 5.02 Å². The molecule has 164 valence electrons. The van der Waals surface area contributed by atoms with Crippen LogP contribution in [0.25, 0.3) is 16.4 Å². The lowest BCUT2D eigenvalue weighted by molar-refractivity contribution is -0.119. The maximum atomic E-state index is 12.6. The zero-order valence-electron chi connectivity index (χ0n) is 17.5. The van der Waals surface area contributed by atoms with Gasteiger partial charge >= 0.3 is 0 Å².